The molecule has 2 aliphatic heterocycles. The number of hydrogen-bond acceptors (Lipinski definition) is 5. The van der Waals surface area contributed by atoms with Crippen molar-refractivity contribution in [3.8, 4) is 0 Å². The number of nitro groups is 1. The van der Waals surface area contributed by atoms with Crippen molar-refractivity contribution in [3.63, 3.8) is 0 Å². The van der Waals surface area contributed by atoms with E-state index in [1.165, 1.54) is 22.6 Å². The van der Waals surface area contributed by atoms with Crippen molar-refractivity contribution >= 4 is 23.3 Å². The maximum absolute atomic E-state index is 14.4. The van der Waals surface area contributed by atoms with Crippen LogP contribution in [0.5, 0.6) is 0 Å². The van der Waals surface area contributed by atoms with Crippen LogP contribution in [0.2, 0.25) is 0 Å². The van der Waals surface area contributed by atoms with Gasteiger partial charge in [-0.05, 0) is 48.9 Å². The number of likely N-dealkylation sites (tertiary alicyclic amines) is 1. The Hall–Kier alpha value is -4.04. The number of hydrogen-bond donors (Lipinski definition) is 0. The Morgan fingerprint density at radius 3 is 1.87 bits per heavy atom. The number of urea groups is 1. The number of piperidine rings is 1. The lowest BCUT2D eigenvalue weighted by molar-refractivity contribution is -0.384. The van der Waals surface area contributed by atoms with Gasteiger partial charge in [0, 0.05) is 36.4 Å². The summed E-state index contributed by atoms with van der Waals surface area (Å²) in [7, 11) is 0. The Morgan fingerprint density at radius 2 is 1.33 bits per heavy atom. The lowest BCUT2D eigenvalue weighted by atomic mass is 9.76. The number of nitrogens with zero attached hydrogens (tertiary/aromatic N) is 4. The van der Waals surface area contributed by atoms with Crippen LogP contribution in [0.3, 0.4) is 0 Å². The molecule has 2 fully saturated rings. The molecule has 2 saturated heterocycles. The highest BCUT2D eigenvalue weighted by Gasteiger charge is 2.61. The molecule has 3 aromatic rings. The van der Waals surface area contributed by atoms with Crippen molar-refractivity contribution in [2.75, 3.05) is 4.90 Å². The summed E-state index contributed by atoms with van der Waals surface area (Å²) in [6, 6.07) is 25.8. The van der Waals surface area contributed by atoms with Gasteiger partial charge in [0.2, 0.25) is 0 Å². The van der Waals surface area contributed by atoms with Crippen molar-refractivity contribution < 1.29 is 14.5 Å². The second-order valence-electron chi connectivity index (χ2n) is 10.5. The Bertz CT molecular complexity index is 1320. The fourth-order valence-corrected chi connectivity index (χ4v) is 6.28. The molecule has 2 aliphatic rings. The molecule has 0 N–H and O–H groups in total. The number of carbonyl (C=O) groups is 2. The molecule has 2 atom stereocenters. The van der Waals surface area contributed by atoms with Crippen molar-refractivity contribution in [1.82, 2.24) is 9.80 Å². The molecule has 8 heteroatoms. The fourth-order valence-electron chi connectivity index (χ4n) is 6.28. The molecule has 0 saturated carbocycles. The second-order valence-corrected chi connectivity index (χ2v) is 10.5. The minimum Gasteiger partial charge on any atom is -0.293 e. The highest BCUT2D eigenvalue weighted by Crippen LogP contribution is 2.46. The van der Waals surface area contributed by atoms with E-state index in [0.717, 1.165) is 19.4 Å². The molecule has 202 valence electrons. The molecule has 1 spiro atoms. The van der Waals surface area contributed by atoms with Gasteiger partial charge >= 0.3 is 6.03 Å². The summed E-state index contributed by atoms with van der Waals surface area (Å²) in [5, 5.41) is 11.1. The first-order valence-electron chi connectivity index (χ1n) is 13.6. The van der Waals surface area contributed by atoms with Crippen LogP contribution in [-0.2, 0) is 17.9 Å². The lowest BCUT2D eigenvalue weighted by Gasteiger charge is -2.51. The Balaban J connectivity index is 1.52. The van der Waals surface area contributed by atoms with Gasteiger partial charge in [0.05, 0.1) is 11.5 Å². The van der Waals surface area contributed by atoms with Crippen LogP contribution >= 0.6 is 0 Å². The summed E-state index contributed by atoms with van der Waals surface area (Å²) in [5.74, 6) is -0.189. The van der Waals surface area contributed by atoms with Crippen LogP contribution in [0.25, 0.3) is 0 Å². The number of para-hydroxylation sites is 1. The largest absolute Gasteiger partial charge is 0.332 e. The molecule has 5 rings (SSSR count). The van der Waals surface area contributed by atoms with E-state index in [-0.39, 0.29) is 36.3 Å². The smallest absolute Gasteiger partial charge is 0.293 e. The van der Waals surface area contributed by atoms with Crippen LogP contribution in [0.15, 0.2) is 84.9 Å². The summed E-state index contributed by atoms with van der Waals surface area (Å²) in [6.07, 6.45) is 2.81. The van der Waals surface area contributed by atoms with Crippen LogP contribution in [0.1, 0.15) is 50.7 Å². The third kappa shape index (κ3) is 4.92. The summed E-state index contributed by atoms with van der Waals surface area (Å²) in [6.45, 7) is 5.17. The maximum Gasteiger partial charge on any atom is 0.332 e. The number of benzene rings is 3. The van der Waals surface area contributed by atoms with Crippen molar-refractivity contribution in [3.05, 3.63) is 106 Å². The van der Waals surface area contributed by atoms with Crippen molar-refractivity contribution in [1.29, 1.82) is 0 Å². The summed E-state index contributed by atoms with van der Waals surface area (Å²) >= 11 is 0. The van der Waals surface area contributed by atoms with Gasteiger partial charge in [0.15, 0.2) is 0 Å². The highest BCUT2D eigenvalue weighted by molar-refractivity contribution is 6.17. The molecule has 2 unspecified atom stereocenters. The van der Waals surface area contributed by atoms with Gasteiger partial charge in [0.1, 0.15) is 5.54 Å². The zero-order valence-electron chi connectivity index (χ0n) is 22.4. The van der Waals surface area contributed by atoms with E-state index in [0.29, 0.717) is 24.1 Å². The van der Waals surface area contributed by atoms with Crippen molar-refractivity contribution in [2.24, 2.45) is 0 Å². The molecule has 0 aliphatic carbocycles. The maximum atomic E-state index is 14.4. The third-order valence-electron chi connectivity index (χ3n) is 8.23. The van der Waals surface area contributed by atoms with Gasteiger partial charge in [-0.3, -0.25) is 29.6 Å². The van der Waals surface area contributed by atoms with Crippen LogP contribution in [0.4, 0.5) is 16.2 Å². The third-order valence-corrected chi connectivity index (χ3v) is 8.23. The predicted octanol–water partition coefficient (Wildman–Crippen LogP) is 6.16. The normalized spacial score (nSPS) is 23.5. The van der Waals surface area contributed by atoms with E-state index in [2.05, 4.69) is 43.0 Å². The van der Waals surface area contributed by atoms with Gasteiger partial charge in [-0.25, -0.2) is 4.79 Å². The lowest BCUT2D eigenvalue weighted by Crippen LogP contribution is -2.63. The van der Waals surface area contributed by atoms with E-state index in [4.69, 9.17) is 0 Å². The van der Waals surface area contributed by atoms with Crippen LogP contribution in [0, 0.1) is 10.1 Å². The number of nitro benzene ring substituents is 1. The van der Waals surface area contributed by atoms with E-state index < -0.39 is 10.5 Å². The standard InChI is InChI=1S/C31H34N4O4/c1-3-25-19-31(20-26(4-2)32(25)21-23-11-7-5-8-12-23)29(36)33(22-24-15-17-28(18-16-24)35(38)39)30(37)34(31)27-13-9-6-10-14-27/h5-18,25-26H,3-4,19-22H2,1-2H3. The monoisotopic (exact) mass is 526 g/mol. The zero-order valence-corrected chi connectivity index (χ0v) is 22.4. The highest BCUT2D eigenvalue weighted by atomic mass is 16.6. The molecular formula is C31H34N4O4. The molecule has 3 aromatic carbocycles. The van der Waals surface area contributed by atoms with Crippen molar-refractivity contribution in [2.45, 2.75) is 70.2 Å². The molecule has 3 amide bonds. The number of non-ortho nitro benzene ring substituents is 1. The first-order chi connectivity index (χ1) is 18.9. The number of carbonyl (C=O) groups excluding carboxylic acids is 2. The van der Waals surface area contributed by atoms with E-state index >= 15 is 0 Å². The topological polar surface area (TPSA) is 87.0 Å². The first-order valence-corrected chi connectivity index (χ1v) is 13.6. The average Bonchev–Trinajstić information content (AvgIpc) is 3.15. The molecule has 39 heavy (non-hydrogen) atoms. The van der Waals surface area contributed by atoms with Gasteiger partial charge in [0.25, 0.3) is 11.6 Å². The number of rotatable bonds is 8. The van der Waals surface area contributed by atoms with Gasteiger partial charge < -0.3 is 0 Å². The number of amides is 3. The summed E-state index contributed by atoms with van der Waals surface area (Å²) in [5.41, 5.74) is 1.60. The number of imide groups is 1. The van der Waals surface area contributed by atoms with Gasteiger partial charge in [-0.2, -0.15) is 0 Å². The molecule has 0 bridgehead atoms. The minimum atomic E-state index is -0.992. The van der Waals surface area contributed by atoms with E-state index in [9.17, 15) is 19.7 Å². The molecular weight excluding hydrogens is 492 g/mol. The molecule has 8 nitrogen and oxygen atoms in total. The quantitative estimate of drug-likeness (QED) is 0.199. The van der Waals surface area contributed by atoms with Gasteiger partial charge in [-0.15, -0.1) is 0 Å². The molecule has 0 radical (unpaired) electrons. The Labute approximate surface area is 229 Å². The zero-order chi connectivity index (χ0) is 27.6. The molecule has 2 heterocycles. The summed E-state index contributed by atoms with van der Waals surface area (Å²) in [4.78, 5) is 44.6. The average molecular weight is 527 g/mol. The minimum absolute atomic E-state index is 0.0254. The Kier molecular flexibility index (Phi) is 7.48. The fraction of sp³-hybridized carbons (Fsp3) is 0.355. The summed E-state index contributed by atoms with van der Waals surface area (Å²) < 4.78 is 0. The van der Waals surface area contributed by atoms with Crippen LogP contribution in [-0.4, -0.2) is 44.3 Å². The van der Waals surface area contributed by atoms with Crippen LogP contribution < -0.4 is 4.90 Å². The molecule has 0 aromatic heterocycles. The Morgan fingerprint density at radius 1 is 0.795 bits per heavy atom. The van der Waals surface area contributed by atoms with E-state index in [1.54, 1.807) is 17.0 Å². The first kappa shape index (κ1) is 26.6. The second kappa shape index (κ2) is 11.0. The predicted molar refractivity (Wildman–Crippen MR) is 150 cm³/mol. The SMILES string of the molecule is CCC1CC2(CC(CC)N1Cc1ccccc1)C(=O)N(Cc1ccc([N+](=O)[O-])cc1)C(=O)N2c1ccccc1. The van der Waals surface area contributed by atoms with Gasteiger partial charge in [-0.1, -0.05) is 74.5 Å². The number of anilines is 1. The van der Waals surface area contributed by atoms with E-state index in [1.807, 2.05) is 36.4 Å².